The molecule has 1 unspecified atom stereocenters. The molecule has 1 aromatic carbocycles. The lowest BCUT2D eigenvalue weighted by molar-refractivity contribution is 0.0542. The van der Waals surface area contributed by atoms with Gasteiger partial charge in [-0.3, -0.25) is 0 Å². The molecule has 0 amide bonds. The van der Waals surface area contributed by atoms with E-state index >= 15 is 0 Å². The number of ether oxygens (including phenoxy) is 1. The van der Waals surface area contributed by atoms with Gasteiger partial charge in [-0.05, 0) is 73.3 Å². The number of nitrogens with zero attached hydrogens (tertiary/aromatic N) is 1. The van der Waals surface area contributed by atoms with E-state index in [1.54, 1.807) is 18.2 Å². The SMILES string of the molecule is BCN(CC)[C@H]1Cc2ccc(OC)cc2[C@]2(CC)CCCCC12. The quantitative estimate of drug-likeness (QED) is 0.773. The molecule has 3 heteroatoms. The summed E-state index contributed by atoms with van der Waals surface area (Å²) in [5.41, 5.74) is 3.54. The first-order valence-electron chi connectivity index (χ1n) is 9.61. The second kappa shape index (κ2) is 6.89. The van der Waals surface area contributed by atoms with Crippen molar-refractivity contribution in [2.24, 2.45) is 5.92 Å². The normalized spacial score (nSPS) is 29.9. The van der Waals surface area contributed by atoms with Crippen LogP contribution >= 0.6 is 0 Å². The Bertz CT molecular complexity index is 542. The number of benzene rings is 1. The molecule has 1 saturated carbocycles. The highest BCUT2D eigenvalue weighted by Gasteiger charge is 2.49. The van der Waals surface area contributed by atoms with E-state index < -0.39 is 0 Å². The van der Waals surface area contributed by atoms with Crippen LogP contribution in [0.2, 0.25) is 0 Å². The van der Waals surface area contributed by atoms with Crippen LogP contribution < -0.4 is 4.74 Å². The predicted octanol–water partition coefficient (Wildman–Crippen LogP) is 3.37. The largest absolute Gasteiger partial charge is 0.497 e. The fourth-order valence-corrected chi connectivity index (χ4v) is 5.56. The highest BCUT2D eigenvalue weighted by molar-refractivity contribution is 6.08. The Morgan fingerprint density at radius 2 is 2.13 bits per heavy atom. The Labute approximate surface area is 143 Å². The van der Waals surface area contributed by atoms with Crippen LogP contribution in [0.25, 0.3) is 0 Å². The van der Waals surface area contributed by atoms with Crippen molar-refractivity contribution >= 4 is 7.85 Å². The highest BCUT2D eigenvalue weighted by Crippen LogP contribution is 2.53. The van der Waals surface area contributed by atoms with Crippen LogP contribution in [0, 0.1) is 5.92 Å². The molecule has 0 aliphatic heterocycles. The summed E-state index contributed by atoms with van der Waals surface area (Å²) in [6.07, 6.45) is 9.18. The van der Waals surface area contributed by atoms with E-state index in [-0.39, 0.29) is 0 Å². The third kappa shape index (κ3) is 2.71. The van der Waals surface area contributed by atoms with Crippen molar-refractivity contribution in [3.8, 4) is 5.75 Å². The lowest BCUT2D eigenvalue weighted by atomic mass is 9.54. The van der Waals surface area contributed by atoms with Gasteiger partial charge in [0.25, 0.3) is 0 Å². The van der Waals surface area contributed by atoms with Crippen molar-refractivity contribution in [3.63, 3.8) is 0 Å². The predicted molar refractivity (Wildman–Crippen MR) is 100 cm³/mol. The van der Waals surface area contributed by atoms with Gasteiger partial charge in [0.05, 0.1) is 7.11 Å². The average Bonchev–Trinajstić information content (AvgIpc) is 2.62. The molecule has 2 aliphatic carbocycles. The van der Waals surface area contributed by atoms with E-state index in [1.165, 1.54) is 51.5 Å². The summed E-state index contributed by atoms with van der Waals surface area (Å²) in [7, 11) is 4.11. The first kappa shape index (κ1) is 16.9. The minimum absolute atomic E-state index is 0.369. The van der Waals surface area contributed by atoms with Crippen molar-refractivity contribution in [2.75, 3.05) is 20.1 Å². The van der Waals surface area contributed by atoms with Crippen LogP contribution in [0.5, 0.6) is 5.75 Å². The first-order valence-corrected chi connectivity index (χ1v) is 9.61. The van der Waals surface area contributed by atoms with Crippen molar-refractivity contribution in [3.05, 3.63) is 29.3 Å². The van der Waals surface area contributed by atoms with Crippen LogP contribution in [-0.4, -0.2) is 38.9 Å². The topological polar surface area (TPSA) is 12.5 Å². The van der Waals surface area contributed by atoms with Crippen LogP contribution in [-0.2, 0) is 11.8 Å². The lowest BCUT2D eigenvalue weighted by Gasteiger charge is -2.54. The number of likely N-dealkylation sites (N-methyl/N-ethyl adjacent to an activating group) is 1. The zero-order valence-electron chi connectivity index (χ0n) is 15.4. The molecular formula is C20H32BNO. The van der Waals surface area contributed by atoms with Crippen LogP contribution in [0.15, 0.2) is 18.2 Å². The van der Waals surface area contributed by atoms with Crippen molar-refractivity contribution in [2.45, 2.75) is 63.8 Å². The molecule has 0 aromatic heterocycles. The van der Waals surface area contributed by atoms with E-state index in [4.69, 9.17) is 4.74 Å². The summed E-state index contributed by atoms with van der Waals surface area (Å²) >= 11 is 0. The zero-order chi connectivity index (χ0) is 16.4. The molecule has 3 atom stereocenters. The Morgan fingerprint density at radius 3 is 2.78 bits per heavy atom. The Morgan fingerprint density at radius 1 is 1.30 bits per heavy atom. The minimum Gasteiger partial charge on any atom is -0.497 e. The molecule has 0 N–H and O–H groups in total. The van der Waals surface area contributed by atoms with E-state index in [0.29, 0.717) is 11.5 Å². The Balaban J connectivity index is 2.10. The molecule has 126 valence electrons. The molecule has 0 radical (unpaired) electrons. The fourth-order valence-electron chi connectivity index (χ4n) is 5.56. The molecule has 1 fully saturated rings. The molecule has 0 saturated heterocycles. The third-order valence-electron chi connectivity index (χ3n) is 6.76. The van der Waals surface area contributed by atoms with Crippen molar-refractivity contribution in [1.29, 1.82) is 0 Å². The lowest BCUT2D eigenvalue weighted by Crippen LogP contribution is -2.55. The molecule has 2 aliphatic rings. The summed E-state index contributed by atoms with van der Waals surface area (Å²) in [4.78, 5) is 2.72. The number of fused-ring (bicyclic) bond motifs is 3. The van der Waals surface area contributed by atoms with Gasteiger partial charge in [-0.1, -0.05) is 32.8 Å². The van der Waals surface area contributed by atoms with Crippen LogP contribution in [0.1, 0.15) is 57.1 Å². The molecule has 3 rings (SSSR count). The van der Waals surface area contributed by atoms with E-state index in [1.807, 2.05) is 0 Å². The van der Waals surface area contributed by atoms with Crippen molar-refractivity contribution < 1.29 is 4.74 Å². The van der Waals surface area contributed by atoms with Gasteiger partial charge in [0.1, 0.15) is 13.6 Å². The number of rotatable bonds is 5. The van der Waals surface area contributed by atoms with Gasteiger partial charge >= 0.3 is 0 Å². The number of methoxy groups -OCH3 is 1. The number of hydrogen-bond donors (Lipinski definition) is 0. The fraction of sp³-hybridized carbons (Fsp3) is 0.700. The molecule has 1 aromatic rings. The van der Waals surface area contributed by atoms with Crippen molar-refractivity contribution in [1.82, 2.24) is 4.90 Å². The molecular weight excluding hydrogens is 281 g/mol. The Kier molecular flexibility index (Phi) is 5.06. The summed E-state index contributed by atoms with van der Waals surface area (Å²) < 4.78 is 5.56. The first-order chi connectivity index (χ1) is 11.2. The molecule has 0 spiro atoms. The minimum atomic E-state index is 0.369. The number of hydrogen-bond acceptors (Lipinski definition) is 2. The zero-order valence-corrected chi connectivity index (χ0v) is 15.4. The molecule has 0 bridgehead atoms. The Hall–Kier alpha value is -0.955. The average molecular weight is 313 g/mol. The smallest absolute Gasteiger partial charge is 0.119 e. The molecule has 23 heavy (non-hydrogen) atoms. The van der Waals surface area contributed by atoms with E-state index in [0.717, 1.165) is 11.7 Å². The van der Waals surface area contributed by atoms with Gasteiger partial charge in [-0.2, -0.15) is 0 Å². The maximum Gasteiger partial charge on any atom is 0.119 e. The van der Waals surface area contributed by atoms with Gasteiger partial charge in [0.2, 0.25) is 0 Å². The maximum absolute atomic E-state index is 5.56. The van der Waals surface area contributed by atoms with E-state index in [2.05, 4.69) is 44.8 Å². The van der Waals surface area contributed by atoms with Crippen LogP contribution in [0.4, 0.5) is 0 Å². The third-order valence-corrected chi connectivity index (χ3v) is 6.76. The van der Waals surface area contributed by atoms with E-state index in [9.17, 15) is 0 Å². The summed E-state index contributed by atoms with van der Waals surface area (Å²) in [5, 5.41) is 0. The van der Waals surface area contributed by atoms with Gasteiger partial charge in [-0.15, -0.1) is 0 Å². The maximum atomic E-state index is 5.56. The van der Waals surface area contributed by atoms with Gasteiger partial charge in [0, 0.05) is 6.04 Å². The molecule has 2 nitrogen and oxygen atoms in total. The second-order valence-electron chi connectivity index (χ2n) is 7.38. The molecule has 0 heterocycles. The van der Waals surface area contributed by atoms with Gasteiger partial charge < -0.3 is 9.64 Å². The summed E-state index contributed by atoms with van der Waals surface area (Å²) in [6, 6.07) is 7.57. The highest BCUT2D eigenvalue weighted by atomic mass is 16.5. The van der Waals surface area contributed by atoms with Crippen LogP contribution in [0.3, 0.4) is 0 Å². The monoisotopic (exact) mass is 313 g/mol. The van der Waals surface area contributed by atoms with Gasteiger partial charge in [0.15, 0.2) is 0 Å². The summed E-state index contributed by atoms with van der Waals surface area (Å²) in [6.45, 7) is 5.90. The second-order valence-corrected chi connectivity index (χ2v) is 7.38. The van der Waals surface area contributed by atoms with Gasteiger partial charge in [-0.25, -0.2) is 0 Å². The summed E-state index contributed by atoms with van der Waals surface area (Å²) in [5.74, 6) is 1.84. The standard InChI is InChI=1S/C20H32BNO/c1-4-20-11-7-6-8-17(20)19(22(5-2)14-21)12-15-9-10-16(23-3)13-18(15)20/h9-10,13,17,19H,4-8,11-12,14,21H2,1-3H3/t17?,19-,20+/m0/s1.